The van der Waals surface area contributed by atoms with Crippen LogP contribution in [0.25, 0.3) is 0 Å². The van der Waals surface area contributed by atoms with Gasteiger partial charge in [0.05, 0.1) is 0 Å². The summed E-state index contributed by atoms with van der Waals surface area (Å²) in [5.41, 5.74) is -1.45. The number of alkyl halides is 2. The monoisotopic (exact) mass is 196 g/mol. The van der Waals surface area contributed by atoms with Crippen molar-refractivity contribution in [1.29, 1.82) is 0 Å². The van der Waals surface area contributed by atoms with E-state index in [4.69, 9.17) is 16.7 Å². The van der Waals surface area contributed by atoms with Crippen LogP contribution in [0.15, 0.2) is 0 Å². The highest BCUT2D eigenvalue weighted by Crippen LogP contribution is 2.25. The highest BCUT2D eigenvalue weighted by molar-refractivity contribution is 6.32. The molecule has 0 spiro atoms. The van der Waals surface area contributed by atoms with Gasteiger partial charge in [-0.2, -0.15) is 5.10 Å². The topological polar surface area (TPSA) is 66.0 Å². The first kappa shape index (κ1) is 8.92. The third-order valence-electron chi connectivity index (χ3n) is 1.18. The fourth-order valence-electron chi connectivity index (χ4n) is 0.694. The van der Waals surface area contributed by atoms with Crippen LogP contribution in [0, 0.1) is 0 Å². The number of carboxylic acid groups (broad SMARTS) is 1. The van der Waals surface area contributed by atoms with Crippen molar-refractivity contribution in [1.82, 2.24) is 10.2 Å². The van der Waals surface area contributed by atoms with Gasteiger partial charge < -0.3 is 5.11 Å². The molecule has 2 N–H and O–H groups in total. The van der Waals surface area contributed by atoms with Gasteiger partial charge >= 0.3 is 5.97 Å². The lowest BCUT2D eigenvalue weighted by atomic mass is 10.2. The number of H-pyrrole nitrogens is 1. The number of aromatic nitrogens is 2. The summed E-state index contributed by atoms with van der Waals surface area (Å²) in [6, 6.07) is 0. The largest absolute Gasteiger partial charge is 0.478 e. The molecule has 0 fully saturated rings. The fourth-order valence-corrected chi connectivity index (χ4v) is 0.918. The van der Waals surface area contributed by atoms with E-state index >= 15 is 0 Å². The normalized spacial score (nSPS) is 10.7. The molecule has 0 bridgehead atoms. The van der Waals surface area contributed by atoms with Crippen molar-refractivity contribution < 1.29 is 18.7 Å². The molecule has 1 aromatic heterocycles. The zero-order valence-electron chi connectivity index (χ0n) is 5.51. The number of hydrogen-bond donors (Lipinski definition) is 2. The SMILES string of the molecule is O=C(O)c1c(Cl)n[nH]c1C(F)F. The number of nitrogens with one attached hydrogen (secondary N) is 1. The molecule has 0 saturated heterocycles. The van der Waals surface area contributed by atoms with Gasteiger partial charge in [-0.05, 0) is 0 Å². The average Bonchev–Trinajstić information content (AvgIpc) is 2.30. The van der Waals surface area contributed by atoms with Gasteiger partial charge in [0.15, 0.2) is 5.15 Å². The third-order valence-corrected chi connectivity index (χ3v) is 1.46. The fraction of sp³-hybridized carbons (Fsp3) is 0.200. The zero-order chi connectivity index (χ0) is 9.30. The summed E-state index contributed by atoms with van der Waals surface area (Å²) in [6.45, 7) is 0. The van der Waals surface area contributed by atoms with E-state index in [-0.39, 0.29) is 0 Å². The van der Waals surface area contributed by atoms with E-state index < -0.39 is 28.8 Å². The van der Waals surface area contributed by atoms with Crippen LogP contribution < -0.4 is 0 Å². The molecule has 0 saturated carbocycles. The van der Waals surface area contributed by atoms with E-state index in [0.717, 1.165) is 0 Å². The van der Waals surface area contributed by atoms with Gasteiger partial charge in [0, 0.05) is 0 Å². The first-order valence-electron chi connectivity index (χ1n) is 2.79. The molecule has 66 valence electrons. The molecule has 0 aromatic carbocycles. The van der Waals surface area contributed by atoms with Gasteiger partial charge in [-0.3, -0.25) is 5.10 Å². The molecule has 7 heteroatoms. The average molecular weight is 197 g/mol. The van der Waals surface area contributed by atoms with Crippen LogP contribution in [0.5, 0.6) is 0 Å². The first-order chi connectivity index (χ1) is 5.54. The summed E-state index contributed by atoms with van der Waals surface area (Å²) in [5.74, 6) is -1.52. The van der Waals surface area contributed by atoms with Crippen LogP contribution in [0.2, 0.25) is 5.15 Å². The summed E-state index contributed by atoms with van der Waals surface area (Å²) >= 11 is 5.23. The molecule has 4 nitrogen and oxygen atoms in total. The highest BCUT2D eigenvalue weighted by atomic mass is 35.5. The molecule has 12 heavy (non-hydrogen) atoms. The Labute approximate surface area is 70.1 Å². The zero-order valence-corrected chi connectivity index (χ0v) is 6.27. The second kappa shape index (κ2) is 3.06. The minimum Gasteiger partial charge on any atom is -0.478 e. The Hall–Kier alpha value is -1.17. The van der Waals surface area contributed by atoms with Gasteiger partial charge in [0.25, 0.3) is 6.43 Å². The number of hydrogen-bond acceptors (Lipinski definition) is 2. The van der Waals surface area contributed by atoms with E-state index in [2.05, 4.69) is 5.10 Å². The van der Waals surface area contributed by atoms with Crippen molar-refractivity contribution in [2.75, 3.05) is 0 Å². The Balaban J connectivity index is 3.21. The lowest BCUT2D eigenvalue weighted by molar-refractivity contribution is 0.0684. The van der Waals surface area contributed by atoms with Crippen LogP contribution in [0.4, 0.5) is 8.78 Å². The number of rotatable bonds is 2. The van der Waals surface area contributed by atoms with E-state index in [1.54, 1.807) is 0 Å². The molecular weight excluding hydrogens is 194 g/mol. The minimum absolute atomic E-state index is 0.460. The summed E-state index contributed by atoms with van der Waals surface area (Å²) in [7, 11) is 0. The Morgan fingerprint density at radius 3 is 2.58 bits per heavy atom. The lowest BCUT2D eigenvalue weighted by Gasteiger charge is -1.95. The van der Waals surface area contributed by atoms with Crippen molar-refractivity contribution in [3.63, 3.8) is 0 Å². The smallest absolute Gasteiger partial charge is 0.340 e. The van der Waals surface area contributed by atoms with Crippen molar-refractivity contribution >= 4 is 17.6 Å². The van der Waals surface area contributed by atoms with Crippen molar-refractivity contribution in [2.24, 2.45) is 0 Å². The van der Waals surface area contributed by atoms with Crippen molar-refractivity contribution in [3.05, 3.63) is 16.4 Å². The maximum Gasteiger partial charge on any atom is 0.340 e. The summed E-state index contributed by atoms with van der Waals surface area (Å²) in [4.78, 5) is 10.3. The maximum atomic E-state index is 12.0. The molecule has 0 aliphatic heterocycles. The molecule has 1 aromatic rings. The number of carboxylic acids is 1. The van der Waals surface area contributed by atoms with Crippen LogP contribution in [-0.2, 0) is 0 Å². The van der Waals surface area contributed by atoms with Gasteiger partial charge in [-0.15, -0.1) is 0 Å². The summed E-state index contributed by atoms with van der Waals surface area (Å²) in [6.07, 6.45) is -2.92. The quantitative estimate of drug-likeness (QED) is 0.757. The molecular formula is C5H3ClF2N2O2. The minimum atomic E-state index is -2.92. The molecule has 0 atom stereocenters. The number of halogens is 3. The van der Waals surface area contributed by atoms with Crippen LogP contribution in [0.3, 0.4) is 0 Å². The molecule has 0 aliphatic carbocycles. The summed E-state index contributed by atoms with van der Waals surface area (Å²) < 4.78 is 24.0. The predicted molar refractivity (Wildman–Crippen MR) is 35.5 cm³/mol. The van der Waals surface area contributed by atoms with Crippen molar-refractivity contribution in [3.8, 4) is 0 Å². The molecule has 0 unspecified atom stereocenters. The van der Waals surface area contributed by atoms with Gasteiger partial charge in [-0.1, -0.05) is 11.6 Å². The van der Waals surface area contributed by atoms with Gasteiger partial charge in [0.2, 0.25) is 0 Å². The third kappa shape index (κ3) is 1.38. The number of aromatic carboxylic acids is 1. The number of carbonyl (C=O) groups is 1. The standard InChI is InChI=1S/C5H3ClF2N2O2/c6-3-1(5(11)12)2(4(7)8)9-10-3/h4H,(H,9,10)(H,11,12). The van der Waals surface area contributed by atoms with E-state index in [9.17, 15) is 13.6 Å². The Morgan fingerprint density at radius 2 is 2.25 bits per heavy atom. The maximum absolute atomic E-state index is 12.0. The van der Waals surface area contributed by atoms with Gasteiger partial charge in [-0.25, -0.2) is 13.6 Å². The second-order valence-electron chi connectivity index (χ2n) is 1.91. The Morgan fingerprint density at radius 1 is 1.67 bits per heavy atom. The second-order valence-corrected chi connectivity index (χ2v) is 2.27. The van der Waals surface area contributed by atoms with Crippen LogP contribution >= 0.6 is 11.6 Å². The predicted octanol–water partition coefficient (Wildman–Crippen LogP) is 1.70. The first-order valence-corrected chi connectivity index (χ1v) is 3.17. The lowest BCUT2D eigenvalue weighted by Crippen LogP contribution is -2.00. The van der Waals surface area contributed by atoms with Crippen LogP contribution in [-0.4, -0.2) is 21.3 Å². The Kier molecular flexibility index (Phi) is 2.27. The van der Waals surface area contributed by atoms with Gasteiger partial charge in [0.1, 0.15) is 11.3 Å². The molecule has 0 aliphatic rings. The Bertz CT molecular complexity index is 312. The molecule has 0 amide bonds. The van der Waals surface area contributed by atoms with E-state index in [1.165, 1.54) is 0 Å². The molecule has 1 heterocycles. The van der Waals surface area contributed by atoms with Crippen molar-refractivity contribution in [2.45, 2.75) is 6.43 Å². The van der Waals surface area contributed by atoms with Crippen LogP contribution in [0.1, 0.15) is 22.5 Å². The highest BCUT2D eigenvalue weighted by Gasteiger charge is 2.24. The van der Waals surface area contributed by atoms with E-state index in [0.29, 0.717) is 0 Å². The molecule has 1 rings (SSSR count). The summed E-state index contributed by atoms with van der Waals surface area (Å²) in [5, 5.41) is 12.9. The number of nitrogens with zero attached hydrogens (tertiary/aromatic N) is 1. The number of aromatic amines is 1. The molecule has 0 radical (unpaired) electrons. The van der Waals surface area contributed by atoms with E-state index in [1.807, 2.05) is 5.10 Å².